The van der Waals surface area contributed by atoms with Crippen molar-refractivity contribution < 1.29 is 13.2 Å². The van der Waals surface area contributed by atoms with E-state index in [4.69, 9.17) is 0 Å². The summed E-state index contributed by atoms with van der Waals surface area (Å²) in [4.78, 5) is 14.0. The highest BCUT2D eigenvalue weighted by atomic mass is 32.2. The van der Waals surface area contributed by atoms with Crippen LogP contribution < -0.4 is 5.32 Å². The van der Waals surface area contributed by atoms with E-state index in [2.05, 4.69) is 11.9 Å². The summed E-state index contributed by atoms with van der Waals surface area (Å²) in [6.45, 7) is 9.93. The van der Waals surface area contributed by atoms with Crippen LogP contribution in [0.15, 0.2) is 35.7 Å². The zero-order chi connectivity index (χ0) is 17.7. The number of sulfonamides is 1. The Hall–Kier alpha value is -1.70. The van der Waals surface area contributed by atoms with Crippen molar-refractivity contribution >= 4 is 15.9 Å². The van der Waals surface area contributed by atoms with Crippen LogP contribution in [0.4, 0.5) is 0 Å². The van der Waals surface area contributed by atoms with E-state index in [0.29, 0.717) is 37.6 Å². The van der Waals surface area contributed by atoms with Gasteiger partial charge in [0.2, 0.25) is 15.9 Å². The zero-order valence-corrected chi connectivity index (χ0v) is 15.1. The van der Waals surface area contributed by atoms with Crippen molar-refractivity contribution in [1.29, 1.82) is 0 Å². The lowest BCUT2D eigenvalue weighted by Gasteiger charge is -2.33. The van der Waals surface area contributed by atoms with Crippen LogP contribution in [0.2, 0.25) is 0 Å². The minimum absolute atomic E-state index is 0.0689. The highest BCUT2D eigenvalue weighted by Crippen LogP contribution is 2.22. The van der Waals surface area contributed by atoms with Gasteiger partial charge in [-0.05, 0) is 25.5 Å². The van der Waals surface area contributed by atoms with Crippen molar-refractivity contribution in [3.05, 3.63) is 42.0 Å². The number of nitrogens with zero attached hydrogens (tertiary/aromatic N) is 2. The second-order valence-electron chi connectivity index (χ2n) is 6.04. The van der Waals surface area contributed by atoms with E-state index >= 15 is 0 Å². The van der Waals surface area contributed by atoms with E-state index in [0.717, 1.165) is 11.1 Å². The monoisotopic (exact) mass is 351 g/mol. The number of carbonyl (C=O) groups is 1. The first-order valence-electron chi connectivity index (χ1n) is 8.02. The molecular weight excluding hydrogens is 326 g/mol. The van der Waals surface area contributed by atoms with Crippen LogP contribution in [0.25, 0.3) is 0 Å². The van der Waals surface area contributed by atoms with Crippen molar-refractivity contribution in [2.24, 2.45) is 0 Å². The first-order valence-corrected chi connectivity index (χ1v) is 9.46. The molecule has 2 rings (SSSR count). The number of benzene rings is 1. The Kier molecular flexibility index (Phi) is 6.15. The van der Waals surface area contributed by atoms with Crippen molar-refractivity contribution in [3.8, 4) is 0 Å². The van der Waals surface area contributed by atoms with Crippen LogP contribution in [-0.4, -0.2) is 62.8 Å². The molecule has 0 radical (unpaired) electrons. The maximum absolute atomic E-state index is 12.8. The number of carbonyl (C=O) groups excluding carboxylic acids is 1. The molecule has 1 aliphatic rings. The zero-order valence-electron chi connectivity index (χ0n) is 14.3. The predicted molar refractivity (Wildman–Crippen MR) is 94.3 cm³/mol. The van der Waals surface area contributed by atoms with Crippen LogP contribution in [0, 0.1) is 13.8 Å². The topological polar surface area (TPSA) is 69.7 Å². The Morgan fingerprint density at radius 1 is 1.25 bits per heavy atom. The van der Waals surface area contributed by atoms with Gasteiger partial charge in [-0.15, -0.1) is 6.58 Å². The molecule has 0 bridgehead atoms. The molecule has 0 aromatic heterocycles. The van der Waals surface area contributed by atoms with Gasteiger partial charge in [-0.2, -0.15) is 4.31 Å². The lowest BCUT2D eigenvalue weighted by molar-refractivity contribution is -0.122. The Morgan fingerprint density at radius 3 is 2.50 bits per heavy atom. The van der Waals surface area contributed by atoms with Crippen LogP contribution in [0.5, 0.6) is 0 Å². The molecule has 1 fully saturated rings. The predicted octanol–water partition coefficient (Wildman–Crippen LogP) is 0.912. The summed E-state index contributed by atoms with van der Waals surface area (Å²) in [5.74, 6) is -0.0689. The van der Waals surface area contributed by atoms with E-state index in [1.165, 1.54) is 4.31 Å². The van der Waals surface area contributed by atoms with Gasteiger partial charge in [0.25, 0.3) is 0 Å². The Bertz CT molecular complexity index is 708. The van der Waals surface area contributed by atoms with Crippen molar-refractivity contribution in [1.82, 2.24) is 14.5 Å². The van der Waals surface area contributed by atoms with Gasteiger partial charge in [0.15, 0.2) is 0 Å². The van der Waals surface area contributed by atoms with Crippen molar-refractivity contribution in [3.63, 3.8) is 0 Å². The van der Waals surface area contributed by atoms with E-state index in [-0.39, 0.29) is 12.5 Å². The quantitative estimate of drug-likeness (QED) is 0.774. The minimum Gasteiger partial charge on any atom is -0.352 e. The Balaban J connectivity index is 1.98. The van der Waals surface area contributed by atoms with Gasteiger partial charge in [-0.3, -0.25) is 9.69 Å². The third-order valence-electron chi connectivity index (χ3n) is 4.09. The van der Waals surface area contributed by atoms with E-state index in [1.54, 1.807) is 12.1 Å². The molecule has 1 aromatic rings. The molecule has 1 saturated heterocycles. The number of amides is 1. The molecule has 0 spiro atoms. The first kappa shape index (κ1) is 18.6. The molecule has 132 valence electrons. The molecule has 1 heterocycles. The van der Waals surface area contributed by atoms with Crippen molar-refractivity contribution in [2.75, 3.05) is 39.3 Å². The van der Waals surface area contributed by atoms with E-state index in [1.807, 2.05) is 30.9 Å². The van der Waals surface area contributed by atoms with Gasteiger partial charge in [-0.25, -0.2) is 8.42 Å². The smallest absolute Gasteiger partial charge is 0.243 e. The summed E-state index contributed by atoms with van der Waals surface area (Å²) in [6, 6.07) is 5.38. The fourth-order valence-electron chi connectivity index (χ4n) is 2.80. The molecule has 1 amide bonds. The highest BCUT2D eigenvalue weighted by molar-refractivity contribution is 7.89. The number of piperazine rings is 1. The molecule has 24 heavy (non-hydrogen) atoms. The molecule has 1 N–H and O–H groups in total. The number of hydrogen-bond acceptors (Lipinski definition) is 4. The lowest BCUT2D eigenvalue weighted by atomic mass is 10.2. The van der Waals surface area contributed by atoms with Gasteiger partial charge in [0.05, 0.1) is 11.4 Å². The van der Waals surface area contributed by atoms with Crippen LogP contribution >= 0.6 is 0 Å². The highest BCUT2D eigenvalue weighted by Gasteiger charge is 2.29. The number of aryl methyl sites for hydroxylation is 2. The van der Waals surface area contributed by atoms with Gasteiger partial charge in [0.1, 0.15) is 0 Å². The van der Waals surface area contributed by atoms with Crippen LogP contribution in [-0.2, 0) is 14.8 Å². The summed E-state index contributed by atoms with van der Waals surface area (Å²) in [5, 5.41) is 2.73. The minimum atomic E-state index is -3.48. The first-order chi connectivity index (χ1) is 11.3. The fraction of sp³-hybridized carbons (Fsp3) is 0.471. The maximum Gasteiger partial charge on any atom is 0.243 e. The molecule has 6 nitrogen and oxygen atoms in total. The van der Waals surface area contributed by atoms with Crippen LogP contribution in [0.1, 0.15) is 11.1 Å². The third kappa shape index (κ3) is 4.43. The van der Waals surface area contributed by atoms with E-state index < -0.39 is 10.0 Å². The summed E-state index contributed by atoms with van der Waals surface area (Å²) < 4.78 is 27.1. The normalized spacial score (nSPS) is 16.8. The Morgan fingerprint density at radius 2 is 1.92 bits per heavy atom. The summed E-state index contributed by atoms with van der Waals surface area (Å²) in [5.41, 5.74) is 1.81. The molecule has 0 aliphatic carbocycles. The summed E-state index contributed by atoms with van der Waals surface area (Å²) in [6.07, 6.45) is 1.63. The molecule has 0 unspecified atom stereocenters. The second kappa shape index (κ2) is 7.92. The average molecular weight is 351 g/mol. The van der Waals surface area contributed by atoms with Gasteiger partial charge in [0, 0.05) is 32.7 Å². The third-order valence-corrected chi connectivity index (χ3v) is 6.15. The molecule has 1 aromatic carbocycles. The standard InChI is InChI=1S/C17H25N3O3S/c1-4-7-18-17(21)13-19-8-10-20(11-9-19)24(22,23)16-6-5-14(2)12-15(16)3/h4-6,12H,1,7-11,13H2,2-3H3,(H,18,21). The van der Waals surface area contributed by atoms with Crippen molar-refractivity contribution in [2.45, 2.75) is 18.7 Å². The van der Waals surface area contributed by atoms with Gasteiger partial charge >= 0.3 is 0 Å². The number of nitrogens with one attached hydrogen (secondary N) is 1. The van der Waals surface area contributed by atoms with Gasteiger partial charge < -0.3 is 5.32 Å². The Labute approximate surface area is 144 Å². The number of rotatable bonds is 6. The lowest BCUT2D eigenvalue weighted by Crippen LogP contribution is -2.51. The number of hydrogen-bond donors (Lipinski definition) is 1. The maximum atomic E-state index is 12.8. The second-order valence-corrected chi connectivity index (χ2v) is 7.95. The van der Waals surface area contributed by atoms with E-state index in [9.17, 15) is 13.2 Å². The van der Waals surface area contributed by atoms with Crippen LogP contribution in [0.3, 0.4) is 0 Å². The fourth-order valence-corrected chi connectivity index (χ4v) is 4.43. The molecule has 7 heteroatoms. The molecule has 0 atom stereocenters. The summed E-state index contributed by atoms with van der Waals surface area (Å²) in [7, 11) is -3.48. The summed E-state index contributed by atoms with van der Waals surface area (Å²) >= 11 is 0. The van der Waals surface area contributed by atoms with Gasteiger partial charge in [-0.1, -0.05) is 23.8 Å². The average Bonchev–Trinajstić information content (AvgIpc) is 2.53. The molecule has 0 saturated carbocycles. The molecular formula is C17H25N3O3S. The molecule has 1 aliphatic heterocycles. The largest absolute Gasteiger partial charge is 0.352 e. The SMILES string of the molecule is C=CCNC(=O)CN1CCN(S(=O)(=O)c2ccc(C)cc2C)CC1.